The minimum absolute atomic E-state index is 0.0900. The van der Waals surface area contributed by atoms with Gasteiger partial charge in [0.1, 0.15) is 11.5 Å². The van der Waals surface area contributed by atoms with Gasteiger partial charge in [0.2, 0.25) is 0 Å². The second-order valence-electron chi connectivity index (χ2n) is 4.77. The van der Waals surface area contributed by atoms with Crippen LogP contribution in [-0.4, -0.2) is 31.3 Å². The molecule has 0 aliphatic heterocycles. The average molecular weight is 408 g/mol. The van der Waals surface area contributed by atoms with Crippen LogP contribution in [0.2, 0.25) is 0 Å². The number of nitrogens with one attached hydrogen (secondary N) is 1. The number of nitro benzene ring substituents is 1. The van der Waals surface area contributed by atoms with Crippen molar-refractivity contribution < 1.29 is 19.2 Å². The zero-order valence-electron chi connectivity index (χ0n) is 13.4. The fraction of sp³-hybridized carbons (Fsp3) is 0.125. The van der Waals surface area contributed by atoms with Gasteiger partial charge in [-0.05, 0) is 34.1 Å². The van der Waals surface area contributed by atoms with Crippen LogP contribution < -0.4 is 14.9 Å². The lowest BCUT2D eigenvalue weighted by atomic mass is 10.2. The molecule has 0 saturated heterocycles. The Bertz CT molecular complexity index is 816. The van der Waals surface area contributed by atoms with Crippen molar-refractivity contribution in [3.8, 4) is 11.5 Å². The summed E-state index contributed by atoms with van der Waals surface area (Å²) in [6.07, 6.45) is 1.31. The van der Waals surface area contributed by atoms with Gasteiger partial charge < -0.3 is 9.47 Å². The highest BCUT2D eigenvalue weighted by atomic mass is 79.9. The van der Waals surface area contributed by atoms with E-state index in [1.807, 2.05) is 0 Å². The number of rotatable bonds is 6. The van der Waals surface area contributed by atoms with Gasteiger partial charge in [-0.3, -0.25) is 14.9 Å². The second-order valence-corrected chi connectivity index (χ2v) is 5.62. The predicted octanol–water partition coefficient (Wildman–Crippen LogP) is 3.14. The number of hydrazone groups is 1. The van der Waals surface area contributed by atoms with Crippen molar-refractivity contribution in [2.24, 2.45) is 5.10 Å². The van der Waals surface area contributed by atoms with Crippen LogP contribution in [0.5, 0.6) is 11.5 Å². The van der Waals surface area contributed by atoms with Gasteiger partial charge >= 0.3 is 0 Å². The first kappa shape index (κ1) is 18.4. The summed E-state index contributed by atoms with van der Waals surface area (Å²) in [6, 6.07) is 9.22. The molecule has 1 N–H and O–H groups in total. The Kier molecular flexibility index (Phi) is 6.07. The van der Waals surface area contributed by atoms with Gasteiger partial charge in [-0.15, -0.1) is 0 Å². The Morgan fingerprint density at radius 2 is 1.84 bits per heavy atom. The number of methoxy groups -OCH3 is 2. The maximum absolute atomic E-state index is 12.1. The molecule has 0 aliphatic carbocycles. The molecule has 9 heteroatoms. The number of carbonyl (C=O) groups excluding carboxylic acids is 1. The maximum Gasteiger partial charge on any atom is 0.284 e. The van der Waals surface area contributed by atoms with E-state index in [1.165, 1.54) is 44.7 Å². The molecule has 2 aromatic carbocycles. The van der Waals surface area contributed by atoms with Crippen LogP contribution in [0.25, 0.3) is 0 Å². The highest BCUT2D eigenvalue weighted by molar-refractivity contribution is 9.10. The quantitative estimate of drug-likeness (QED) is 0.450. The standard InChI is InChI=1S/C16H14BrN3O5/c1-24-12-6-11(7-13(8-12)25-2)16(21)19-18-9-10-3-4-14(17)15(5-10)20(22)23/h3-9H,1-2H3,(H,19,21)/b18-9-. The van der Waals surface area contributed by atoms with Crippen molar-refractivity contribution >= 4 is 33.7 Å². The summed E-state index contributed by atoms with van der Waals surface area (Å²) >= 11 is 3.10. The van der Waals surface area contributed by atoms with E-state index in [2.05, 4.69) is 26.5 Å². The fourth-order valence-corrected chi connectivity index (χ4v) is 2.31. The normalized spacial score (nSPS) is 10.5. The smallest absolute Gasteiger partial charge is 0.284 e. The molecule has 0 aliphatic rings. The molecule has 0 aromatic heterocycles. The minimum atomic E-state index is -0.511. The lowest BCUT2D eigenvalue weighted by Crippen LogP contribution is -2.17. The summed E-state index contributed by atoms with van der Waals surface area (Å²) in [6.45, 7) is 0. The monoisotopic (exact) mass is 407 g/mol. The van der Waals surface area contributed by atoms with Gasteiger partial charge in [0, 0.05) is 23.3 Å². The van der Waals surface area contributed by atoms with Crippen molar-refractivity contribution in [1.82, 2.24) is 5.43 Å². The summed E-state index contributed by atoms with van der Waals surface area (Å²) in [4.78, 5) is 22.5. The molecule has 1 amide bonds. The van der Waals surface area contributed by atoms with Crippen molar-refractivity contribution in [2.75, 3.05) is 14.2 Å². The highest BCUT2D eigenvalue weighted by Gasteiger charge is 2.12. The first-order valence-corrected chi connectivity index (χ1v) is 7.74. The average Bonchev–Trinajstić information content (AvgIpc) is 2.62. The molecule has 0 unspecified atom stereocenters. The van der Waals surface area contributed by atoms with E-state index in [9.17, 15) is 14.9 Å². The predicted molar refractivity (Wildman–Crippen MR) is 95.4 cm³/mol. The van der Waals surface area contributed by atoms with E-state index in [0.717, 1.165) is 0 Å². The largest absolute Gasteiger partial charge is 0.497 e. The molecule has 0 fully saturated rings. The molecule has 25 heavy (non-hydrogen) atoms. The number of ether oxygens (including phenoxy) is 2. The summed E-state index contributed by atoms with van der Waals surface area (Å²) in [5.41, 5.74) is 3.03. The van der Waals surface area contributed by atoms with Crippen LogP contribution in [0, 0.1) is 10.1 Å². The van der Waals surface area contributed by atoms with Gasteiger partial charge in [-0.1, -0.05) is 6.07 Å². The molecule has 0 atom stereocenters. The third-order valence-corrected chi connectivity index (χ3v) is 3.83. The number of nitro groups is 1. The Labute approximate surface area is 151 Å². The van der Waals surface area contributed by atoms with Crippen LogP contribution in [0.15, 0.2) is 46.0 Å². The van der Waals surface area contributed by atoms with E-state index in [0.29, 0.717) is 27.1 Å². The lowest BCUT2D eigenvalue weighted by molar-refractivity contribution is -0.385. The second kappa shape index (κ2) is 8.25. The first-order valence-electron chi connectivity index (χ1n) is 6.95. The molecule has 0 spiro atoms. The van der Waals surface area contributed by atoms with Gasteiger partial charge in [-0.2, -0.15) is 5.10 Å². The molecule has 0 radical (unpaired) electrons. The molecule has 0 heterocycles. The molecular formula is C16H14BrN3O5. The first-order chi connectivity index (χ1) is 11.9. The third kappa shape index (κ3) is 4.77. The molecule has 130 valence electrons. The number of benzene rings is 2. The van der Waals surface area contributed by atoms with Crippen molar-refractivity contribution in [3.05, 3.63) is 62.1 Å². The SMILES string of the molecule is COc1cc(OC)cc(C(=O)N/N=C\c2ccc(Br)c([N+](=O)[O-])c2)c1. The summed E-state index contributed by atoms with van der Waals surface area (Å²) in [7, 11) is 2.96. The number of carbonyl (C=O) groups is 1. The summed E-state index contributed by atoms with van der Waals surface area (Å²) in [5, 5.41) is 14.7. The molecule has 8 nitrogen and oxygen atoms in total. The van der Waals surface area contributed by atoms with Crippen molar-refractivity contribution in [2.45, 2.75) is 0 Å². The zero-order valence-corrected chi connectivity index (χ0v) is 14.9. The number of hydrogen-bond acceptors (Lipinski definition) is 6. The van der Waals surface area contributed by atoms with Crippen LogP contribution >= 0.6 is 15.9 Å². The number of hydrogen-bond donors (Lipinski definition) is 1. The Morgan fingerprint density at radius 3 is 2.40 bits per heavy atom. The van der Waals surface area contributed by atoms with Crippen LogP contribution in [0.1, 0.15) is 15.9 Å². The van der Waals surface area contributed by atoms with Crippen molar-refractivity contribution in [3.63, 3.8) is 0 Å². The topological polar surface area (TPSA) is 103 Å². The van der Waals surface area contributed by atoms with E-state index < -0.39 is 10.8 Å². The number of amides is 1. The van der Waals surface area contributed by atoms with Crippen molar-refractivity contribution in [1.29, 1.82) is 0 Å². The highest BCUT2D eigenvalue weighted by Crippen LogP contribution is 2.25. The van der Waals surface area contributed by atoms with Gasteiger partial charge in [0.05, 0.1) is 29.8 Å². The third-order valence-electron chi connectivity index (χ3n) is 3.16. The van der Waals surface area contributed by atoms with Crippen LogP contribution in [0.3, 0.4) is 0 Å². The van der Waals surface area contributed by atoms with Gasteiger partial charge in [0.25, 0.3) is 11.6 Å². The van der Waals surface area contributed by atoms with E-state index in [4.69, 9.17) is 9.47 Å². The Morgan fingerprint density at radius 1 is 1.20 bits per heavy atom. The van der Waals surface area contributed by atoms with Crippen LogP contribution in [-0.2, 0) is 0 Å². The minimum Gasteiger partial charge on any atom is -0.497 e. The summed E-state index contributed by atoms with van der Waals surface area (Å²) in [5.74, 6) is 0.467. The maximum atomic E-state index is 12.1. The van der Waals surface area contributed by atoms with Gasteiger partial charge in [-0.25, -0.2) is 5.43 Å². The van der Waals surface area contributed by atoms with Gasteiger partial charge in [0.15, 0.2) is 0 Å². The Balaban J connectivity index is 2.13. The lowest BCUT2D eigenvalue weighted by Gasteiger charge is -2.07. The number of halogens is 1. The van der Waals surface area contributed by atoms with E-state index >= 15 is 0 Å². The number of nitrogens with zero attached hydrogens (tertiary/aromatic N) is 2. The van der Waals surface area contributed by atoms with Crippen LogP contribution in [0.4, 0.5) is 5.69 Å². The Hall–Kier alpha value is -2.94. The fourth-order valence-electron chi connectivity index (χ4n) is 1.92. The van der Waals surface area contributed by atoms with E-state index in [1.54, 1.807) is 12.1 Å². The summed E-state index contributed by atoms with van der Waals surface area (Å²) < 4.78 is 10.6. The molecule has 0 saturated carbocycles. The molecular weight excluding hydrogens is 394 g/mol. The van der Waals surface area contributed by atoms with E-state index in [-0.39, 0.29) is 5.69 Å². The molecule has 0 bridgehead atoms. The zero-order chi connectivity index (χ0) is 18.4. The molecule has 2 aromatic rings. The molecule has 2 rings (SSSR count).